The van der Waals surface area contributed by atoms with Crippen molar-refractivity contribution < 1.29 is 9.53 Å². The molecule has 1 amide bonds. The number of methoxy groups -OCH3 is 1. The predicted molar refractivity (Wildman–Crippen MR) is 76.4 cm³/mol. The molecule has 18 heavy (non-hydrogen) atoms. The zero-order valence-electron chi connectivity index (χ0n) is 11.3. The van der Waals surface area contributed by atoms with Crippen LogP contribution in [0.2, 0.25) is 0 Å². The maximum atomic E-state index is 11.9. The molecule has 4 heteroatoms. The molecule has 0 saturated carbocycles. The number of ether oxygens (including phenoxy) is 1. The molecule has 0 aliphatic carbocycles. The lowest BCUT2D eigenvalue weighted by molar-refractivity contribution is -0.126. The van der Waals surface area contributed by atoms with Crippen LogP contribution in [0.3, 0.4) is 0 Å². The van der Waals surface area contributed by atoms with Crippen molar-refractivity contribution in [1.29, 1.82) is 0 Å². The first-order valence-electron chi connectivity index (χ1n) is 5.94. The number of carbonyl (C=O) groups excluding carboxylic acids is 1. The summed E-state index contributed by atoms with van der Waals surface area (Å²) in [6.45, 7) is 5.77. The third-order valence-electron chi connectivity index (χ3n) is 2.87. The number of nitrogens with one attached hydrogen (secondary N) is 1. The van der Waals surface area contributed by atoms with Crippen LogP contribution >= 0.6 is 15.9 Å². The van der Waals surface area contributed by atoms with Gasteiger partial charge in [-0.1, -0.05) is 28.1 Å². The minimum absolute atomic E-state index is 0.00525. The van der Waals surface area contributed by atoms with E-state index in [0.717, 1.165) is 10.0 Å². The molecule has 1 aromatic carbocycles. The van der Waals surface area contributed by atoms with Crippen LogP contribution in [0.4, 0.5) is 0 Å². The highest BCUT2D eigenvalue weighted by atomic mass is 79.9. The molecule has 0 spiro atoms. The molecule has 1 aromatic rings. The molecule has 0 aliphatic heterocycles. The van der Waals surface area contributed by atoms with Gasteiger partial charge in [-0.2, -0.15) is 0 Å². The van der Waals surface area contributed by atoms with Gasteiger partial charge in [-0.3, -0.25) is 4.79 Å². The van der Waals surface area contributed by atoms with Crippen LogP contribution in [-0.2, 0) is 9.53 Å². The summed E-state index contributed by atoms with van der Waals surface area (Å²) in [5, 5.41) is 2.97. The van der Waals surface area contributed by atoms with E-state index in [9.17, 15) is 4.79 Å². The number of halogens is 1. The van der Waals surface area contributed by atoms with Crippen molar-refractivity contribution in [3.05, 3.63) is 34.3 Å². The average Bonchev–Trinajstić information content (AvgIpc) is 2.28. The fraction of sp³-hybridized carbons (Fsp3) is 0.500. The lowest BCUT2D eigenvalue weighted by Crippen LogP contribution is -2.34. The number of amides is 1. The molecule has 1 N–H and O–H groups in total. The summed E-state index contributed by atoms with van der Waals surface area (Å²) in [6, 6.07) is 7.92. The highest BCUT2D eigenvalue weighted by Gasteiger charge is 2.22. The van der Waals surface area contributed by atoms with Crippen molar-refractivity contribution in [3.63, 3.8) is 0 Å². The average molecular weight is 314 g/mol. The van der Waals surface area contributed by atoms with Gasteiger partial charge in [0.15, 0.2) is 0 Å². The maximum absolute atomic E-state index is 11.9. The van der Waals surface area contributed by atoms with E-state index in [1.807, 2.05) is 45.0 Å². The van der Waals surface area contributed by atoms with Crippen LogP contribution < -0.4 is 5.32 Å². The maximum Gasteiger partial charge on any atom is 0.223 e. The molecule has 100 valence electrons. The normalized spacial score (nSPS) is 13.2. The smallest absolute Gasteiger partial charge is 0.223 e. The summed E-state index contributed by atoms with van der Waals surface area (Å²) in [6.07, 6.45) is 0.349. The number of carbonyl (C=O) groups is 1. The monoisotopic (exact) mass is 313 g/mol. The Hall–Kier alpha value is -0.870. The molecule has 0 aromatic heterocycles. The Balaban J connectivity index is 2.60. The Morgan fingerprint density at radius 3 is 2.72 bits per heavy atom. The molecule has 1 rings (SSSR count). The van der Waals surface area contributed by atoms with Crippen LogP contribution in [0.5, 0.6) is 0 Å². The number of benzene rings is 1. The second-order valence-corrected chi connectivity index (χ2v) is 5.90. The largest absolute Gasteiger partial charge is 0.378 e. The molecule has 0 radical (unpaired) electrons. The van der Waals surface area contributed by atoms with Crippen LogP contribution in [0, 0.1) is 0 Å². The van der Waals surface area contributed by atoms with E-state index in [4.69, 9.17) is 4.74 Å². The van der Waals surface area contributed by atoms with Crippen LogP contribution in [0.25, 0.3) is 0 Å². The number of rotatable bonds is 5. The summed E-state index contributed by atoms with van der Waals surface area (Å²) in [4.78, 5) is 11.9. The quantitative estimate of drug-likeness (QED) is 0.904. The highest BCUT2D eigenvalue weighted by Crippen LogP contribution is 2.19. The molecule has 0 heterocycles. The summed E-state index contributed by atoms with van der Waals surface area (Å²) in [7, 11) is 1.62. The van der Waals surface area contributed by atoms with Gasteiger partial charge in [0.05, 0.1) is 18.1 Å². The molecule has 0 fully saturated rings. The topological polar surface area (TPSA) is 38.3 Å². The second-order valence-electron chi connectivity index (χ2n) is 4.98. The zero-order valence-corrected chi connectivity index (χ0v) is 12.9. The molecule has 3 nitrogen and oxygen atoms in total. The minimum atomic E-state index is -0.429. The molecule has 0 bridgehead atoms. The van der Waals surface area contributed by atoms with Crippen LogP contribution in [0.1, 0.15) is 38.8 Å². The molecular formula is C14H20BrNO2. The molecule has 0 saturated heterocycles. The summed E-state index contributed by atoms with van der Waals surface area (Å²) < 4.78 is 6.26. The SMILES string of the molecule is COC(C)(C)CC(=O)NC(C)c1cccc(Br)c1. The van der Waals surface area contributed by atoms with Gasteiger partial charge in [0, 0.05) is 11.6 Å². The standard InChI is InChI=1S/C14H20BrNO2/c1-10(11-6-5-7-12(15)8-11)16-13(17)9-14(2,3)18-4/h5-8,10H,9H2,1-4H3,(H,16,17). The van der Waals surface area contributed by atoms with E-state index >= 15 is 0 Å². The number of hydrogen-bond donors (Lipinski definition) is 1. The Bertz CT molecular complexity index is 418. The van der Waals surface area contributed by atoms with Gasteiger partial charge >= 0.3 is 0 Å². The van der Waals surface area contributed by atoms with E-state index < -0.39 is 5.60 Å². The molecule has 1 unspecified atom stereocenters. The number of hydrogen-bond acceptors (Lipinski definition) is 2. The molecule has 0 aliphatic rings. The Labute approximate surface area is 117 Å². The van der Waals surface area contributed by atoms with Gasteiger partial charge in [-0.15, -0.1) is 0 Å². The van der Waals surface area contributed by atoms with Gasteiger partial charge in [0.25, 0.3) is 0 Å². The second kappa shape index (κ2) is 6.34. The summed E-state index contributed by atoms with van der Waals surface area (Å²) in [5.74, 6) is -0.00525. The first kappa shape index (κ1) is 15.2. The van der Waals surface area contributed by atoms with E-state index in [-0.39, 0.29) is 11.9 Å². The Morgan fingerprint density at radius 1 is 1.50 bits per heavy atom. The van der Waals surface area contributed by atoms with Gasteiger partial charge in [0.1, 0.15) is 0 Å². The van der Waals surface area contributed by atoms with E-state index in [0.29, 0.717) is 6.42 Å². The predicted octanol–water partition coefficient (Wildman–Crippen LogP) is 3.44. The third-order valence-corrected chi connectivity index (χ3v) is 3.36. The zero-order chi connectivity index (χ0) is 13.8. The van der Waals surface area contributed by atoms with Crippen molar-refractivity contribution in [1.82, 2.24) is 5.32 Å². The minimum Gasteiger partial charge on any atom is -0.378 e. The first-order chi connectivity index (χ1) is 8.34. The van der Waals surface area contributed by atoms with Gasteiger partial charge in [-0.25, -0.2) is 0 Å². The lowest BCUT2D eigenvalue weighted by atomic mass is 10.0. The van der Waals surface area contributed by atoms with E-state index in [1.165, 1.54) is 0 Å². The van der Waals surface area contributed by atoms with Gasteiger partial charge < -0.3 is 10.1 Å². The highest BCUT2D eigenvalue weighted by molar-refractivity contribution is 9.10. The lowest BCUT2D eigenvalue weighted by Gasteiger charge is -2.23. The van der Waals surface area contributed by atoms with Gasteiger partial charge in [0.2, 0.25) is 5.91 Å². The van der Waals surface area contributed by atoms with Crippen LogP contribution in [-0.4, -0.2) is 18.6 Å². The van der Waals surface area contributed by atoms with Crippen LogP contribution in [0.15, 0.2) is 28.7 Å². The van der Waals surface area contributed by atoms with Gasteiger partial charge in [-0.05, 0) is 38.5 Å². The molecular weight excluding hydrogens is 294 g/mol. The first-order valence-corrected chi connectivity index (χ1v) is 6.73. The van der Waals surface area contributed by atoms with Crippen molar-refractivity contribution in [2.24, 2.45) is 0 Å². The summed E-state index contributed by atoms with van der Waals surface area (Å²) in [5.41, 5.74) is 0.647. The van der Waals surface area contributed by atoms with E-state index in [2.05, 4.69) is 21.2 Å². The van der Waals surface area contributed by atoms with Crippen molar-refractivity contribution in [3.8, 4) is 0 Å². The fourth-order valence-electron chi connectivity index (χ4n) is 1.61. The van der Waals surface area contributed by atoms with Crippen molar-refractivity contribution in [2.75, 3.05) is 7.11 Å². The molecule has 1 atom stereocenters. The summed E-state index contributed by atoms with van der Waals surface area (Å²) >= 11 is 3.42. The Kier molecular flexibility index (Phi) is 5.35. The third kappa shape index (κ3) is 4.78. The fourth-order valence-corrected chi connectivity index (χ4v) is 2.03. The Morgan fingerprint density at radius 2 is 2.17 bits per heavy atom. The van der Waals surface area contributed by atoms with Crippen molar-refractivity contribution >= 4 is 21.8 Å². The van der Waals surface area contributed by atoms with E-state index in [1.54, 1.807) is 7.11 Å². The van der Waals surface area contributed by atoms with Crippen molar-refractivity contribution in [2.45, 2.75) is 38.8 Å².